The van der Waals surface area contributed by atoms with Crippen molar-refractivity contribution < 1.29 is 18.0 Å². The van der Waals surface area contributed by atoms with Gasteiger partial charge in [0.25, 0.3) is 0 Å². The fraction of sp³-hybridized carbons (Fsp3) is 0.304. The third-order valence-corrected chi connectivity index (χ3v) is 7.22. The van der Waals surface area contributed by atoms with Gasteiger partial charge in [-0.3, -0.25) is 9.59 Å². The number of carbonyl (C=O) groups excluding carboxylic acids is 2. The molecule has 1 amide bonds. The number of sulfonamides is 1. The van der Waals surface area contributed by atoms with Gasteiger partial charge in [-0.25, -0.2) is 8.42 Å². The number of Topliss-reactive ketones (excluding diaryl/α,β-unsaturated/α-hetero) is 1. The van der Waals surface area contributed by atoms with Crippen LogP contribution in [0.25, 0.3) is 0 Å². The molecule has 0 atom stereocenters. The average molecular weight is 427 g/mol. The van der Waals surface area contributed by atoms with Crippen LogP contribution in [0.15, 0.2) is 72.1 Å². The van der Waals surface area contributed by atoms with Crippen LogP contribution in [0.1, 0.15) is 30.1 Å². The predicted molar refractivity (Wildman–Crippen MR) is 117 cm³/mol. The fourth-order valence-electron chi connectivity index (χ4n) is 3.65. The van der Waals surface area contributed by atoms with E-state index in [1.165, 1.54) is 23.4 Å². The molecule has 0 spiro atoms. The van der Waals surface area contributed by atoms with Gasteiger partial charge in [0.05, 0.1) is 4.90 Å². The molecule has 158 valence electrons. The lowest BCUT2D eigenvalue weighted by molar-refractivity contribution is -0.123. The first-order chi connectivity index (χ1) is 14.3. The van der Waals surface area contributed by atoms with Crippen molar-refractivity contribution in [2.45, 2.75) is 24.7 Å². The minimum atomic E-state index is -3.71. The zero-order valence-corrected chi connectivity index (χ0v) is 17.8. The summed E-state index contributed by atoms with van der Waals surface area (Å²) in [4.78, 5) is 26.5. The highest BCUT2D eigenvalue weighted by atomic mass is 32.2. The first kappa shape index (κ1) is 21.9. The maximum absolute atomic E-state index is 13.1. The summed E-state index contributed by atoms with van der Waals surface area (Å²) in [6.07, 6.45) is 2.59. The van der Waals surface area contributed by atoms with E-state index in [2.05, 4.69) is 6.58 Å². The molecular formula is C23H26N2O4S. The van der Waals surface area contributed by atoms with E-state index in [1.807, 2.05) is 30.3 Å². The number of ketones is 1. The number of carbonyl (C=O) groups is 2. The highest BCUT2D eigenvalue weighted by molar-refractivity contribution is 7.89. The molecule has 0 aromatic heterocycles. The number of anilines is 1. The summed E-state index contributed by atoms with van der Waals surface area (Å²) in [5.41, 5.74) is 1.17. The Morgan fingerprint density at radius 3 is 2.37 bits per heavy atom. The second-order valence-corrected chi connectivity index (χ2v) is 9.27. The van der Waals surface area contributed by atoms with Crippen LogP contribution in [0.3, 0.4) is 0 Å². The molecule has 6 nitrogen and oxygen atoms in total. The summed E-state index contributed by atoms with van der Waals surface area (Å²) >= 11 is 0. The molecule has 2 aromatic carbocycles. The van der Waals surface area contributed by atoms with E-state index < -0.39 is 10.0 Å². The van der Waals surface area contributed by atoms with Gasteiger partial charge in [0.15, 0.2) is 5.78 Å². The standard InChI is InChI=1S/C23H26N2O4S/c1-3-14-25(21-9-5-4-6-10-21)23(27)19-12-15-24(16-13-19)30(28,29)22-11-7-8-20(17-22)18(2)26/h3-11,17,19H,1,12-16H2,2H3. The normalized spacial score (nSPS) is 15.5. The maximum atomic E-state index is 13.1. The molecule has 1 aliphatic heterocycles. The second-order valence-electron chi connectivity index (χ2n) is 7.34. The molecule has 1 saturated heterocycles. The molecule has 0 saturated carbocycles. The van der Waals surface area contributed by atoms with Crippen LogP contribution in [0.4, 0.5) is 5.69 Å². The molecule has 7 heteroatoms. The number of para-hydroxylation sites is 1. The van der Waals surface area contributed by atoms with Crippen molar-refractivity contribution in [2.24, 2.45) is 5.92 Å². The second kappa shape index (κ2) is 9.36. The molecule has 0 radical (unpaired) electrons. The van der Waals surface area contributed by atoms with Crippen molar-refractivity contribution in [3.05, 3.63) is 72.8 Å². The van der Waals surface area contributed by atoms with E-state index in [0.29, 0.717) is 24.9 Å². The van der Waals surface area contributed by atoms with Crippen LogP contribution in [-0.4, -0.2) is 44.0 Å². The number of hydrogen-bond acceptors (Lipinski definition) is 4. The van der Waals surface area contributed by atoms with Gasteiger partial charge in [-0.05, 0) is 44.0 Å². The minimum Gasteiger partial charge on any atom is -0.308 e. The lowest BCUT2D eigenvalue weighted by atomic mass is 9.96. The summed E-state index contributed by atoms with van der Waals surface area (Å²) in [5.74, 6) is -0.448. The van der Waals surface area contributed by atoms with Gasteiger partial charge in [0.1, 0.15) is 0 Å². The zero-order chi connectivity index (χ0) is 21.7. The van der Waals surface area contributed by atoms with Crippen molar-refractivity contribution in [1.82, 2.24) is 4.31 Å². The molecule has 1 fully saturated rings. The highest BCUT2D eigenvalue weighted by Crippen LogP contribution is 2.27. The Morgan fingerprint density at radius 1 is 1.10 bits per heavy atom. The van der Waals surface area contributed by atoms with E-state index in [0.717, 1.165) is 5.69 Å². The van der Waals surface area contributed by atoms with E-state index in [9.17, 15) is 18.0 Å². The topological polar surface area (TPSA) is 74.8 Å². The number of amides is 1. The van der Waals surface area contributed by atoms with Crippen LogP contribution in [0.2, 0.25) is 0 Å². The lowest BCUT2D eigenvalue weighted by Crippen LogP contribution is -2.44. The molecule has 1 heterocycles. The Morgan fingerprint density at radius 2 is 1.77 bits per heavy atom. The molecular weight excluding hydrogens is 400 g/mol. The van der Waals surface area contributed by atoms with Gasteiger partial charge in [0, 0.05) is 36.8 Å². The van der Waals surface area contributed by atoms with Gasteiger partial charge in [-0.2, -0.15) is 4.31 Å². The van der Waals surface area contributed by atoms with Crippen molar-refractivity contribution in [1.29, 1.82) is 0 Å². The van der Waals surface area contributed by atoms with E-state index in [4.69, 9.17) is 0 Å². The van der Waals surface area contributed by atoms with Gasteiger partial charge in [0.2, 0.25) is 15.9 Å². The van der Waals surface area contributed by atoms with Crippen molar-refractivity contribution >= 4 is 27.4 Å². The minimum absolute atomic E-state index is 0.0169. The van der Waals surface area contributed by atoms with E-state index >= 15 is 0 Å². The van der Waals surface area contributed by atoms with Gasteiger partial charge in [-0.15, -0.1) is 6.58 Å². The molecule has 0 aliphatic carbocycles. The van der Waals surface area contributed by atoms with Crippen LogP contribution >= 0.6 is 0 Å². The number of hydrogen-bond donors (Lipinski definition) is 0. The molecule has 2 aromatic rings. The number of piperidine rings is 1. The van der Waals surface area contributed by atoms with Crippen molar-refractivity contribution in [2.75, 3.05) is 24.5 Å². The third-order valence-electron chi connectivity index (χ3n) is 5.33. The summed E-state index contributed by atoms with van der Waals surface area (Å²) in [5, 5.41) is 0. The number of benzene rings is 2. The molecule has 1 aliphatic rings. The van der Waals surface area contributed by atoms with Crippen LogP contribution in [0.5, 0.6) is 0 Å². The average Bonchev–Trinajstić information content (AvgIpc) is 2.77. The van der Waals surface area contributed by atoms with Crippen molar-refractivity contribution in [3.63, 3.8) is 0 Å². The Labute approximate surface area is 177 Å². The molecule has 0 N–H and O–H groups in total. The number of nitrogens with zero attached hydrogens (tertiary/aromatic N) is 2. The lowest BCUT2D eigenvalue weighted by Gasteiger charge is -2.33. The zero-order valence-electron chi connectivity index (χ0n) is 17.0. The molecule has 0 bridgehead atoms. The summed E-state index contributed by atoms with van der Waals surface area (Å²) in [6.45, 7) is 6.08. The monoisotopic (exact) mass is 426 g/mol. The summed E-state index contributed by atoms with van der Waals surface area (Å²) in [6, 6.07) is 15.5. The van der Waals surface area contributed by atoms with Crippen LogP contribution in [-0.2, 0) is 14.8 Å². The predicted octanol–water partition coefficient (Wildman–Crippen LogP) is 3.51. The van der Waals surface area contributed by atoms with Crippen LogP contribution in [0, 0.1) is 5.92 Å². The largest absolute Gasteiger partial charge is 0.308 e. The Bertz CT molecular complexity index is 1030. The van der Waals surface area contributed by atoms with Gasteiger partial charge < -0.3 is 4.90 Å². The van der Waals surface area contributed by atoms with Crippen molar-refractivity contribution in [3.8, 4) is 0 Å². The molecule has 3 rings (SSSR count). The number of rotatable bonds is 7. The summed E-state index contributed by atoms with van der Waals surface area (Å²) in [7, 11) is -3.71. The highest BCUT2D eigenvalue weighted by Gasteiger charge is 2.34. The van der Waals surface area contributed by atoms with E-state index in [-0.39, 0.29) is 35.6 Å². The third kappa shape index (κ3) is 4.68. The maximum Gasteiger partial charge on any atom is 0.243 e. The summed E-state index contributed by atoms with van der Waals surface area (Å²) < 4.78 is 27.4. The van der Waals surface area contributed by atoms with E-state index in [1.54, 1.807) is 23.1 Å². The van der Waals surface area contributed by atoms with Gasteiger partial charge in [-0.1, -0.05) is 36.4 Å². The Kier molecular flexibility index (Phi) is 6.84. The fourth-order valence-corrected chi connectivity index (χ4v) is 5.16. The SMILES string of the molecule is C=CCN(C(=O)C1CCN(S(=O)(=O)c2cccc(C(C)=O)c2)CC1)c1ccccc1. The quantitative estimate of drug-likeness (QED) is 0.502. The van der Waals surface area contributed by atoms with Crippen LogP contribution < -0.4 is 4.90 Å². The molecule has 30 heavy (non-hydrogen) atoms. The smallest absolute Gasteiger partial charge is 0.243 e. The molecule has 0 unspecified atom stereocenters. The Hall–Kier alpha value is -2.77. The van der Waals surface area contributed by atoms with Gasteiger partial charge >= 0.3 is 0 Å². The Balaban J connectivity index is 1.72. The first-order valence-electron chi connectivity index (χ1n) is 9.93. The first-order valence-corrected chi connectivity index (χ1v) is 11.4.